The zero-order chi connectivity index (χ0) is 46.8. The summed E-state index contributed by atoms with van der Waals surface area (Å²) in [4.78, 5) is 55.2. The maximum Gasteiger partial charge on any atom is 0.273 e. The molecule has 5 aliphatic rings. The maximum absolute atomic E-state index is 13.9. The van der Waals surface area contributed by atoms with E-state index in [1.54, 1.807) is 4.90 Å². The average molecular weight is 926 g/mol. The lowest BCUT2D eigenvalue weighted by atomic mass is 9.75. The number of aliphatic hydroxyl groups excluding tert-OH is 6. The molecule has 0 spiro atoms. The number of hydrogen-bond donors (Lipinski definition) is 9. The summed E-state index contributed by atoms with van der Waals surface area (Å²) in [6.45, 7) is 5.65. The van der Waals surface area contributed by atoms with E-state index in [4.69, 9.17) is 28.8 Å². The first kappa shape index (κ1) is 51.0. The van der Waals surface area contributed by atoms with E-state index in [1.807, 2.05) is 6.92 Å². The second-order valence-electron chi connectivity index (χ2n) is 18.2. The number of carbonyl (C=O) groups is 4. The van der Waals surface area contributed by atoms with E-state index in [1.165, 1.54) is 24.7 Å². The predicted octanol–water partition coefficient (Wildman–Crippen LogP) is -1.92. The highest BCUT2D eigenvalue weighted by Gasteiger charge is 2.53. The Bertz CT molecular complexity index is 1700. The topological polar surface area (TPSA) is 306 Å². The molecule has 22 nitrogen and oxygen atoms in total. The Morgan fingerprint density at radius 2 is 1.63 bits per heavy atom. The first-order valence-corrected chi connectivity index (χ1v) is 23.5. The summed E-state index contributed by atoms with van der Waals surface area (Å²) < 4.78 is 33.4. The van der Waals surface area contributed by atoms with Gasteiger partial charge in [-0.2, -0.15) is 0 Å². The fourth-order valence-corrected chi connectivity index (χ4v) is 9.66. The molecule has 2 aliphatic carbocycles. The minimum Gasteiger partial charge on any atom is -0.396 e. The molecule has 4 heterocycles. The molecule has 1 aromatic rings. The third-order valence-electron chi connectivity index (χ3n) is 13.5. The van der Waals surface area contributed by atoms with Crippen molar-refractivity contribution in [3.8, 4) is 0 Å². The number of likely N-dealkylation sites (tertiary alicyclic amines) is 1. The summed E-state index contributed by atoms with van der Waals surface area (Å²) in [6, 6.07) is -1.23. The normalized spacial score (nSPS) is 34.9. The number of nitrogens with one attached hydrogen (secondary N) is 3. The summed E-state index contributed by atoms with van der Waals surface area (Å²) in [7, 11) is 0. The maximum atomic E-state index is 13.9. The molecule has 6 rings (SSSR count). The van der Waals surface area contributed by atoms with Crippen LogP contribution in [0, 0.1) is 17.8 Å². The van der Waals surface area contributed by atoms with Crippen LogP contribution in [-0.2, 0) is 44.6 Å². The van der Waals surface area contributed by atoms with E-state index >= 15 is 0 Å². The first-order chi connectivity index (χ1) is 31.2. The second kappa shape index (κ2) is 24.0. The number of hydrogen-bond acceptors (Lipinski definition) is 17. The van der Waals surface area contributed by atoms with Crippen molar-refractivity contribution < 1.29 is 73.5 Å². The monoisotopic (exact) mass is 926 g/mol. The Hall–Kier alpha value is -3.42. The van der Waals surface area contributed by atoms with Crippen molar-refractivity contribution >= 4 is 23.6 Å². The standard InChI is InChI=1S/C43H71N7O15/c1-4-26-19-27(39(58)44-12-13-45-40(59)28-21-50(48-47-28)16-9-17-51)20-29(37(26)65-43-36(57)35(56)33(54)23(2)61-43)63-42-32(46-24(3)53)38(34(55)31(22-52)64-42)62-30(41(60)49-14-8-15-49)18-25-10-6-5-7-11-25/h21,23,25-27,29-38,42-43,51-52,54-57H,4-20,22H2,1-3H3,(H,44,58)(H,45,59)(H,46,53)/t23?,26-,27?,29?,30+,31+,32?,33?,34?,35?,36?,37?,38?,42-,43?/m1/s1. The molecule has 4 amide bonds. The number of ether oxygens (including phenoxy) is 5. The first-order valence-electron chi connectivity index (χ1n) is 23.5. The molecular formula is C43H71N7O15. The third kappa shape index (κ3) is 13.0. The fourth-order valence-electron chi connectivity index (χ4n) is 9.66. The predicted molar refractivity (Wildman–Crippen MR) is 226 cm³/mol. The van der Waals surface area contributed by atoms with Crippen LogP contribution in [0.3, 0.4) is 0 Å². The van der Waals surface area contributed by atoms with E-state index in [-0.39, 0.29) is 56.0 Å². The zero-order valence-electron chi connectivity index (χ0n) is 37.7. The van der Waals surface area contributed by atoms with E-state index in [0.29, 0.717) is 38.9 Å². The van der Waals surface area contributed by atoms with Gasteiger partial charge in [0, 0.05) is 52.2 Å². The van der Waals surface area contributed by atoms with Gasteiger partial charge in [-0.25, -0.2) is 0 Å². The number of aromatic nitrogens is 3. The number of aliphatic hydroxyl groups is 6. The Morgan fingerprint density at radius 3 is 2.29 bits per heavy atom. The van der Waals surface area contributed by atoms with E-state index in [0.717, 1.165) is 38.5 Å². The van der Waals surface area contributed by atoms with Crippen LogP contribution < -0.4 is 16.0 Å². The number of rotatable bonds is 20. The van der Waals surface area contributed by atoms with Gasteiger partial charge in [0.2, 0.25) is 11.8 Å². The van der Waals surface area contributed by atoms with Crippen molar-refractivity contribution in [1.82, 2.24) is 35.8 Å². The number of carbonyl (C=O) groups excluding carboxylic acids is 4. The summed E-state index contributed by atoms with van der Waals surface area (Å²) >= 11 is 0. The highest BCUT2D eigenvalue weighted by Crippen LogP contribution is 2.40. The lowest BCUT2D eigenvalue weighted by Gasteiger charge is -2.49. The lowest BCUT2D eigenvalue weighted by molar-refractivity contribution is -0.338. The molecule has 15 atom stereocenters. The fraction of sp³-hybridized carbons (Fsp3) is 0.860. The highest BCUT2D eigenvalue weighted by atomic mass is 16.7. The third-order valence-corrected chi connectivity index (χ3v) is 13.5. The summed E-state index contributed by atoms with van der Waals surface area (Å²) in [6.07, 6.45) is -6.50. The Labute approximate surface area is 379 Å². The summed E-state index contributed by atoms with van der Waals surface area (Å²) in [5, 5.41) is 79.6. The lowest BCUT2D eigenvalue weighted by Crippen LogP contribution is -2.67. The SMILES string of the molecule is CC[C@@H]1CC(C(=O)NCCNC(=O)c2cn(CCCO)nn2)CC(O[C@@H]2O[C@@H](CO)C(O)C(O[C@@H](CC3CCCCC3)C(=O)N3CCC3)C2NC(C)=O)C1OC1OC(C)C(O)C(O)C1O. The molecule has 3 saturated heterocycles. The van der Waals surface area contributed by atoms with Gasteiger partial charge in [0.15, 0.2) is 18.3 Å². The van der Waals surface area contributed by atoms with Crippen molar-refractivity contribution in [3.63, 3.8) is 0 Å². The van der Waals surface area contributed by atoms with Gasteiger partial charge < -0.3 is 75.2 Å². The smallest absolute Gasteiger partial charge is 0.273 e. The molecule has 368 valence electrons. The van der Waals surface area contributed by atoms with Crippen LogP contribution in [-0.4, -0.2) is 193 Å². The minimum atomic E-state index is -1.66. The van der Waals surface area contributed by atoms with Crippen LogP contribution in [0.1, 0.15) is 102 Å². The quantitative estimate of drug-likeness (QED) is 0.0644. The number of nitrogens with zero attached hydrogens (tertiary/aromatic N) is 4. The van der Waals surface area contributed by atoms with Crippen LogP contribution >= 0.6 is 0 Å². The summed E-state index contributed by atoms with van der Waals surface area (Å²) in [5.41, 5.74) is 0.0791. The van der Waals surface area contributed by atoms with E-state index in [9.17, 15) is 44.7 Å². The summed E-state index contributed by atoms with van der Waals surface area (Å²) in [5.74, 6) is -2.50. The molecule has 1 aromatic heterocycles. The Balaban J connectivity index is 1.23. The molecule has 2 saturated carbocycles. The number of aryl methyl sites for hydroxylation is 1. The van der Waals surface area contributed by atoms with Gasteiger partial charge in [0.25, 0.3) is 11.8 Å². The van der Waals surface area contributed by atoms with Crippen molar-refractivity contribution in [2.75, 3.05) is 39.4 Å². The van der Waals surface area contributed by atoms with Crippen LogP contribution in [0.15, 0.2) is 6.20 Å². The molecule has 0 radical (unpaired) electrons. The van der Waals surface area contributed by atoms with Crippen molar-refractivity contribution in [2.45, 2.75) is 178 Å². The molecule has 0 bridgehead atoms. The van der Waals surface area contributed by atoms with Gasteiger partial charge >= 0.3 is 0 Å². The van der Waals surface area contributed by atoms with Gasteiger partial charge in [-0.15, -0.1) is 5.10 Å². The van der Waals surface area contributed by atoms with Crippen LogP contribution in [0.4, 0.5) is 0 Å². The van der Waals surface area contributed by atoms with Crippen LogP contribution in [0.25, 0.3) is 0 Å². The molecular weight excluding hydrogens is 855 g/mol. The van der Waals surface area contributed by atoms with Gasteiger partial charge in [-0.1, -0.05) is 50.7 Å². The van der Waals surface area contributed by atoms with Crippen molar-refractivity contribution in [2.24, 2.45) is 17.8 Å². The van der Waals surface area contributed by atoms with E-state index < -0.39 is 110 Å². The average Bonchev–Trinajstić information content (AvgIpc) is 3.76. The molecule has 65 heavy (non-hydrogen) atoms. The van der Waals surface area contributed by atoms with E-state index in [2.05, 4.69) is 26.3 Å². The second-order valence-corrected chi connectivity index (χ2v) is 18.2. The van der Waals surface area contributed by atoms with Gasteiger partial charge in [-0.05, 0) is 50.9 Å². The van der Waals surface area contributed by atoms with Gasteiger partial charge in [0.1, 0.15) is 48.8 Å². The van der Waals surface area contributed by atoms with Gasteiger partial charge in [-0.3, -0.25) is 23.9 Å². The Kier molecular flexibility index (Phi) is 18.9. The molecule has 5 fully saturated rings. The molecule has 3 aliphatic heterocycles. The van der Waals surface area contributed by atoms with Gasteiger partial charge in [0.05, 0.1) is 31.1 Å². The van der Waals surface area contributed by atoms with Crippen molar-refractivity contribution in [1.29, 1.82) is 0 Å². The van der Waals surface area contributed by atoms with Crippen LogP contribution in [0.2, 0.25) is 0 Å². The molecule has 22 heteroatoms. The minimum absolute atomic E-state index is 0.00211. The zero-order valence-corrected chi connectivity index (χ0v) is 37.7. The largest absolute Gasteiger partial charge is 0.396 e. The molecule has 0 aromatic carbocycles. The molecule has 9 N–H and O–H groups in total. The highest BCUT2D eigenvalue weighted by molar-refractivity contribution is 5.91. The number of amides is 4. The molecule has 11 unspecified atom stereocenters. The Morgan fingerprint density at radius 1 is 0.892 bits per heavy atom. The van der Waals surface area contributed by atoms with Crippen LogP contribution in [0.5, 0.6) is 0 Å². The van der Waals surface area contributed by atoms with Crippen molar-refractivity contribution in [3.05, 3.63) is 11.9 Å².